The molecule has 2 aromatic carbocycles. The summed E-state index contributed by atoms with van der Waals surface area (Å²) in [5, 5.41) is 21.5. The normalized spacial score (nSPS) is 12.6. The third-order valence-corrected chi connectivity index (χ3v) is 6.18. The van der Waals surface area contributed by atoms with Gasteiger partial charge in [-0.15, -0.1) is 0 Å². The molecule has 0 saturated heterocycles. The van der Waals surface area contributed by atoms with E-state index in [-0.39, 0.29) is 18.4 Å². The minimum atomic E-state index is -1.06. The second kappa shape index (κ2) is 11.4. The number of hydrogen-bond donors (Lipinski definition) is 3. The van der Waals surface area contributed by atoms with Crippen LogP contribution in [0, 0.1) is 17.2 Å². The van der Waals surface area contributed by atoms with Crippen molar-refractivity contribution < 1.29 is 14.7 Å². The third kappa shape index (κ3) is 6.33. The first-order valence-electron chi connectivity index (χ1n) is 12.1. The number of carboxylic acid groups (broad SMARTS) is 1. The van der Waals surface area contributed by atoms with Gasteiger partial charge < -0.3 is 20.0 Å². The molecule has 37 heavy (non-hydrogen) atoms. The number of nitrogens with one attached hydrogen (secondary N) is 2. The van der Waals surface area contributed by atoms with Gasteiger partial charge in [0.05, 0.1) is 24.1 Å². The fourth-order valence-electron chi connectivity index (χ4n) is 4.32. The molecule has 0 aliphatic rings. The van der Waals surface area contributed by atoms with Crippen LogP contribution in [0.2, 0.25) is 0 Å². The molecule has 0 aliphatic carbocycles. The van der Waals surface area contributed by atoms with Crippen molar-refractivity contribution in [1.29, 1.82) is 5.26 Å². The number of amides is 1. The summed E-state index contributed by atoms with van der Waals surface area (Å²) in [6.45, 7) is 4.11. The Morgan fingerprint density at radius 3 is 2.19 bits per heavy atom. The second-order valence-electron chi connectivity index (χ2n) is 9.39. The van der Waals surface area contributed by atoms with Crippen LogP contribution in [0.15, 0.2) is 79.4 Å². The van der Waals surface area contributed by atoms with Crippen LogP contribution < -0.4 is 5.32 Å². The van der Waals surface area contributed by atoms with Gasteiger partial charge >= 0.3 is 5.97 Å². The number of H-pyrrole nitrogens is 1. The van der Waals surface area contributed by atoms with E-state index in [0.717, 1.165) is 22.3 Å². The van der Waals surface area contributed by atoms with Crippen molar-refractivity contribution in [2.75, 3.05) is 0 Å². The Hall–Kier alpha value is -4.64. The molecule has 3 N–H and O–H groups in total. The number of rotatable bonds is 10. The van der Waals surface area contributed by atoms with Crippen molar-refractivity contribution in [3.63, 3.8) is 0 Å². The maximum absolute atomic E-state index is 13.3. The highest BCUT2D eigenvalue weighted by molar-refractivity contribution is 5.85. The van der Waals surface area contributed by atoms with Crippen LogP contribution in [0.25, 0.3) is 22.3 Å². The lowest BCUT2D eigenvalue weighted by atomic mass is 10.0. The first-order chi connectivity index (χ1) is 17.8. The van der Waals surface area contributed by atoms with E-state index in [1.165, 1.54) is 0 Å². The van der Waals surface area contributed by atoms with Gasteiger partial charge in [-0.25, -0.2) is 4.98 Å². The monoisotopic (exact) mass is 495 g/mol. The fraction of sp³-hybridized carbons (Fsp3) is 0.241. The number of hydrogen-bond acceptors (Lipinski definition) is 4. The molecule has 0 fully saturated rings. The molecule has 8 nitrogen and oxygen atoms in total. The number of nitrogens with zero attached hydrogens (tertiary/aromatic N) is 3. The van der Waals surface area contributed by atoms with Crippen LogP contribution in [0.5, 0.6) is 0 Å². The van der Waals surface area contributed by atoms with Gasteiger partial charge in [0.15, 0.2) is 0 Å². The number of aliphatic carboxylic acids is 1. The molecule has 4 rings (SSSR count). The Balaban J connectivity index is 1.54. The van der Waals surface area contributed by atoms with E-state index in [0.29, 0.717) is 23.7 Å². The van der Waals surface area contributed by atoms with E-state index < -0.39 is 12.0 Å². The van der Waals surface area contributed by atoms with Gasteiger partial charge in [-0.1, -0.05) is 50.2 Å². The van der Waals surface area contributed by atoms with Gasteiger partial charge in [-0.05, 0) is 52.8 Å². The van der Waals surface area contributed by atoms with Gasteiger partial charge in [0.2, 0.25) is 5.91 Å². The molecule has 2 aromatic heterocycles. The predicted octanol–water partition coefficient (Wildman–Crippen LogP) is 5.34. The number of imidazole rings is 1. The summed E-state index contributed by atoms with van der Waals surface area (Å²) in [4.78, 5) is 32.3. The predicted molar refractivity (Wildman–Crippen MR) is 140 cm³/mol. The van der Waals surface area contributed by atoms with E-state index >= 15 is 0 Å². The highest BCUT2D eigenvalue weighted by atomic mass is 16.4. The lowest BCUT2D eigenvalue weighted by Gasteiger charge is -2.23. The first kappa shape index (κ1) is 25.5. The average Bonchev–Trinajstić information content (AvgIpc) is 3.60. The maximum Gasteiger partial charge on any atom is 0.306 e. The van der Waals surface area contributed by atoms with Crippen molar-refractivity contribution >= 4 is 11.9 Å². The number of aromatic nitrogens is 3. The standard InChI is InChI=1S/C29H29N5O3/c1-19(2)15-25(28-31-12-13-32-28)33-29(37)26(16-27(35)36)34-14-11-24(18-34)23-9-7-22(8-10-23)21-5-3-20(17-30)4-6-21/h3-14,18-19,25-26H,15-16H2,1-2H3,(H,31,32)(H,33,37)(H,35,36)/t25-,26+/m0/s1. The van der Waals surface area contributed by atoms with Crippen molar-refractivity contribution in [2.45, 2.75) is 38.8 Å². The molecule has 0 radical (unpaired) electrons. The second-order valence-corrected chi connectivity index (χ2v) is 9.39. The average molecular weight is 496 g/mol. The number of benzene rings is 2. The minimum absolute atomic E-state index is 0.304. The smallest absolute Gasteiger partial charge is 0.306 e. The molecule has 0 bridgehead atoms. The molecule has 2 atom stereocenters. The largest absolute Gasteiger partial charge is 0.481 e. The summed E-state index contributed by atoms with van der Waals surface area (Å²) < 4.78 is 1.65. The van der Waals surface area contributed by atoms with Gasteiger partial charge in [-0.2, -0.15) is 5.26 Å². The molecule has 0 unspecified atom stereocenters. The van der Waals surface area contributed by atoms with Crippen LogP contribution in [-0.4, -0.2) is 31.5 Å². The zero-order valence-electron chi connectivity index (χ0n) is 20.8. The Morgan fingerprint density at radius 1 is 1.03 bits per heavy atom. The minimum Gasteiger partial charge on any atom is -0.481 e. The number of carbonyl (C=O) groups is 2. The fourth-order valence-corrected chi connectivity index (χ4v) is 4.32. The Kier molecular flexibility index (Phi) is 7.84. The number of carboxylic acids is 1. The molecule has 188 valence electrons. The van der Waals surface area contributed by atoms with Crippen LogP contribution in [-0.2, 0) is 9.59 Å². The molecule has 4 aromatic rings. The highest BCUT2D eigenvalue weighted by Gasteiger charge is 2.27. The quantitative estimate of drug-likeness (QED) is 0.274. The molecular formula is C29H29N5O3. The van der Waals surface area contributed by atoms with Crippen LogP contribution >= 0.6 is 0 Å². The Bertz CT molecular complexity index is 1380. The summed E-state index contributed by atoms with van der Waals surface area (Å²) in [6.07, 6.45) is 7.20. The SMILES string of the molecule is CC(C)C[C@H](NC(=O)[C@@H](CC(=O)O)n1ccc(-c2ccc(-c3ccc(C#N)cc3)cc2)c1)c1ncc[nH]1. The van der Waals surface area contributed by atoms with Gasteiger partial charge in [-0.3, -0.25) is 9.59 Å². The zero-order valence-corrected chi connectivity index (χ0v) is 20.8. The molecule has 0 saturated carbocycles. The summed E-state index contributed by atoms with van der Waals surface area (Å²) in [6, 6.07) is 18.1. The van der Waals surface area contributed by atoms with Gasteiger partial charge in [0.1, 0.15) is 11.9 Å². The van der Waals surface area contributed by atoms with Crippen molar-refractivity contribution in [1.82, 2.24) is 19.9 Å². The maximum atomic E-state index is 13.3. The first-order valence-corrected chi connectivity index (χ1v) is 12.1. The van der Waals surface area contributed by atoms with Crippen LogP contribution in [0.4, 0.5) is 0 Å². The molecule has 0 aliphatic heterocycles. The van der Waals surface area contributed by atoms with Crippen LogP contribution in [0.1, 0.15) is 50.2 Å². The number of aromatic amines is 1. The molecule has 8 heteroatoms. The molecule has 0 spiro atoms. The van der Waals surface area contributed by atoms with E-state index in [1.807, 2.05) is 42.5 Å². The lowest BCUT2D eigenvalue weighted by Crippen LogP contribution is -2.37. The highest BCUT2D eigenvalue weighted by Crippen LogP contribution is 2.28. The summed E-state index contributed by atoms with van der Waals surface area (Å²) in [5.41, 5.74) is 4.46. The molecule has 2 heterocycles. The summed E-state index contributed by atoms with van der Waals surface area (Å²) >= 11 is 0. The zero-order chi connectivity index (χ0) is 26.4. The van der Waals surface area contributed by atoms with Crippen molar-refractivity contribution in [3.8, 4) is 28.3 Å². The topological polar surface area (TPSA) is 124 Å². The Labute approximate surface area is 215 Å². The molecule has 1 amide bonds. The summed E-state index contributed by atoms with van der Waals surface area (Å²) in [5.74, 6) is -0.478. The third-order valence-electron chi connectivity index (χ3n) is 6.18. The Morgan fingerprint density at radius 2 is 1.65 bits per heavy atom. The van der Waals surface area contributed by atoms with Crippen molar-refractivity contribution in [3.05, 3.63) is 90.8 Å². The lowest BCUT2D eigenvalue weighted by molar-refractivity contribution is -0.140. The van der Waals surface area contributed by atoms with Crippen molar-refractivity contribution in [2.24, 2.45) is 5.92 Å². The number of nitriles is 1. The van der Waals surface area contributed by atoms with E-state index in [2.05, 4.69) is 35.2 Å². The van der Waals surface area contributed by atoms with E-state index in [4.69, 9.17) is 5.26 Å². The van der Waals surface area contributed by atoms with E-state index in [1.54, 1.807) is 41.5 Å². The van der Waals surface area contributed by atoms with Gasteiger partial charge in [0.25, 0.3) is 0 Å². The molecular weight excluding hydrogens is 466 g/mol. The van der Waals surface area contributed by atoms with E-state index in [9.17, 15) is 14.7 Å². The summed E-state index contributed by atoms with van der Waals surface area (Å²) in [7, 11) is 0. The number of carbonyl (C=O) groups excluding carboxylic acids is 1. The van der Waals surface area contributed by atoms with Gasteiger partial charge in [0, 0.05) is 24.8 Å². The van der Waals surface area contributed by atoms with Crippen LogP contribution in [0.3, 0.4) is 0 Å².